The Labute approximate surface area is 212 Å². The lowest BCUT2D eigenvalue weighted by Crippen LogP contribution is -2.53. The Balaban J connectivity index is 1.87. The number of rotatable bonds is 6. The number of primary amides is 1. The van der Waals surface area contributed by atoms with Gasteiger partial charge < -0.3 is 16.4 Å². The second-order valence-corrected chi connectivity index (χ2v) is 10.0. The van der Waals surface area contributed by atoms with Crippen LogP contribution in [0.5, 0.6) is 0 Å². The van der Waals surface area contributed by atoms with Crippen LogP contribution in [0, 0.1) is 0 Å². The van der Waals surface area contributed by atoms with E-state index in [1.165, 1.54) is 37.1 Å². The fourth-order valence-corrected chi connectivity index (χ4v) is 3.89. The normalized spacial score (nSPS) is 17.7. The highest BCUT2D eigenvalue weighted by Gasteiger charge is 2.40. The third-order valence-corrected chi connectivity index (χ3v) is 6.23. The summed E-state index contributed by atoms with van der Waals surface area (Å²) in [6, 6.07) is 6.01. The van der Waals surface area contributed by atoms with Crippen molar-refractivity contribution in [2.24, 2.45) is 5.73 Å². The maximum atomic E-state index is 13.2. The molecule has 1 aliphatic rings. The second-order valence-electron chi connectivity index (χ2n) is 7.53. The van der Waals surface area contributed by atoms with Crippen molar-refractivity contribution in [1.29, 1.82) is 0 Å². The van der Waals surface area contributed by atoms with Crippen molar-refractivity contribution >= 4 is 80.0 Å². The summed E-state index contributed by atoms with van der Waals surface area (Å²) >= 11 is 21.9. The van der Waals surface area contributed by atoms with Crippen LogP contribution in [0.15, 0.2) is 42.7 Å². The average Bonchev–Trinajstić information content (AvgIpc) is 3.12. The molecule has 1 aromatic heterocycles. The van der Waals surface area contributed by atoms with E-state index in [0.29, 0.717) is 10.8 Å². The number of hydrogen-bond acceptors (Lipinski definition) is 6. The number of amides is 3. The van der Waals surface area contributed by atoms with Crippen molar-refractivity contribution in [2.45, 2.75) is 23.8 Å². The van der Waals surface area contributed by atoms with E-state index in [0.717, 1.165) is 0 Å². The first-order chi connectivity index (χ1) is 15.3. The zero-order valence-electron chi connectivity index (χ0n) is 17.2. The molecule has 0 radical (unpaired) electrons. The summed E-state index contributed by atoms with van der Waals surface area (Å²) in [7, 11) is 0. The Bertz CT molecular complexity index is 1180. The molecule has 3 rings (SSSR count). The molecule has 2 aromatic rings. The predicted octanol–water partition coefficient (Wildman–Crippen LogP) is 3.60. The van der Waals surface area contributed by atoms with E-state index in [-0.39, 0.29) is 21.3 Å². The highest BCUT2D eigenvalue weighted by molar-refractivity contribution is 9.10. The van der Waals surface area contributed by atoms with Crippen molar-refractivity contribution in [3.05, 3.63) is 63.4 Å². The number of alkyl halides is 1. The van der Waals surface area contributed by atoms with Gasteiger partial charge in [-0.05, 0) is 44.2 Å². The van der Waals surface area contributed by atoms with Gasteiger partial charge in [0.05, 0.1) is 21.3 Å². The Hall–Kier alpha value is -2.37. The van der Waals surface area contributed by atoms with Crippen molar-refractivity contribution in [1.82, 2.24) is 15.7 Å². The fourth-order valence-electron chi connectivity index (χ4n) is 2.73. The lowest BCUT2D eigenvalue weighted by Gasteiger charge is -2.26. The van der Waals surface area contributed by atoms with Crippen LogP contribution < -0.4 is 26.8 Å². The molecule has 0 spiro atoms. The molecule has 0 fully saturated rings. The minimum atomic E-state index is -1.42. The van der Waals surface area contributed by atoms with Crippen LogP contribution in [0.2, 0.25) is 15.1 Å². The van der Waals surface area contributed by atoms with E-state index in [9.17, 15) is 14.4 Å². The Kier molecular flexibility index (Phi) is 7.25. The zero-order chi connectivity index (χ0) is 24.6. The summed E-state index contributed by atoms with van der Waals surface area (Å²) < 4.78 is -1.42. The minimum absolute atomic E-state index is 0.00724. The number of anilines is 2. The van der Waals surface area contributed by atoms with Crippen LogP contribution in [-0.2, 0) is 9.59 Å². The summed E-state index contributed by atoms with van der Waals surface area (Å²) in [6.45, 7) is 2.88. The first kappa shape index (κ1) is 25.3. The second kappa shape index (κ2) is 9.47. The van der Waals surface area contributed by atoms with E-state index < -0.39 is 27.7 Å². The number of hydrazine groups is 1. The van der Waals surface area contributed by atoms with Crippen molar-refractivity contribution in [2.75, 3.05) is 10.3 Å². The van der Waals surface area contributed by atoms with E-state index in [1.807, 2.05) is 0 Å². The van der Waals surface area contributed by atoms with Crippen molar-refractivity contribution < 1.29 is 14.4 Å². The van der Waals surface area contributed by atoms with E-state index in [1.54, 1.807) is 24.5 Å². The number of carbonyl (C=O) groups excluding carboxylic acids is 3. The molecule has 33 heavy (non-hydrogen) atoms. The van der Waals surface area contributed by atoms with Gasteiger partial charge in [0.2, 0.25) is 5.91 Å². The molecule has 13 heteroatoms. The summed E-state index contributed by atoms with van der Waals surface area (Å²) in [5, 5.41) is 7.12. The molecular weight excluding hydrogens is 559 g/mol. The number of nitrogens with one attached hydrogen (secondary N) is 3. The van der Waals surface area contributed by atoms with E-state index in [4.69, 9.17) is 40.5 Å². The van der Waals surface area contributed by atoms with Crippen LogP contribution >= 0.6 is 50.7 Å². The van der Waals surface area contributed by atoms with Gasteiger partial charge in [0, 0.05) is 17.4 Å². The smallest absolute Gasteiger partial charge is 0.261 e. The molecule has 3 amide bonds. The van der Waals surface area contributed by atoms with E-state index >= 15 is 0 Å². The molecule has 1 unspecified atom stereocenters. The number of pyridine rings is 1. The highest BCUT2D eigenvalue weighted by Crippen LogP contribution is 2.34. The Morgan fingerprint density at radius 1 is 1.21 bits per heavy atom. The number of aromatic nitrogens is 1. The predicted molar refractivity (Wildman–Crippen MR) is 131 cm³/mol. The Morgan fingerprint density at radius 2 is 1.91 bits per heavy atom. The summed E-state index contributed by atoms with van der Waals surface area (Å²) in [5.41, 5.74) is 6.83. The van der Waals surface area contributed by atoms with Crippen LogP contribution in [0.3, 0.4) is 0 Å². The zero-order valence-corrected chi connectivity index (χ0v) is 21.1. The van der Waals surface area contributed by atoms with Gasteiger partial charge in [-0.1, -0.05) is 50.7 Å². The molecule has 0 saturated heterocycles. The van der Waals surface area contributed by atoms with Crippen molar-refractivity contribution in [3.8, 4) is 0 Å². The van der Waals surface area contributed by atoms with E-state index in [2.05, 4.69) is 37.0 Å². The number of halogens is 4. The molecule has 0 bridgehead atoms. The SMILES string of the molecule is CC(C)(NC(=O)c1cc(Cl)cc(Cl)c1NC(=O)C1(Br)C=CN(c2ncccc2Cl)N1)C(N)=O. The molecule has 1 aromatic carbocycles. The Morgan fingerprint density at radius 3 is 2.55 bits per heavy atom. The quantitative estimate of drug-likeness (QED) is 0.307. The summed E-state index contributed by atoms with van der Waals surface area (Å²) in [4.78, 5) is 41.8. The molecule has 2 heterocycles. The van der Waals surface area contributed by atoms with Crippen LogP contribution in [0.4, 0.5) is 11.5 Å². The lowest BCUT2D eigenvalue weighted by molar-refractivity contribution is -0.123. The largest absolute Gasteiger partial charge is 0.368 e. The first-order valence-corrected chi connectivity index (χ1v) is 11.3. The first-order valence-electron chi connectivity index (χ1n) is 9.33. The molecule has 1 atom stereocenters. The lowest BCUT2D eigenvalue weighted by atomic mass is 10.0. The van der Waals surface area contributed by atoms with Gasteiger partial charge in [0.15, 0.2) is 10.3 Å². The summed E-state index contributed by atoms with van der Waals surface area (Å²) in [5.74, 6) is -1.69. The monoisotopic (exact) mass is 574 g/mol. The van der Waals surface area contributed by atoms with Crippen LogP contribution in [0.1, 0.15) is 24.2 Å². The van der Waals surface area contributed by atoms with Gasteiger partial charge in [-0.15, -0.1) is 0 Å². The van der Waals surface area contributed by atoms with Gasteiger partial charge in [0.1, 0.15) is 5.54 Å². The highest BCUT2D eigenvalue weighted by atomic mass is 79.9. The van der Waals surface area contributed by atoms with Gasteiger partial charge in [0.25, 0.3) is 11.8 Å². The molecular formula is C20H18BrCl3N6O3. The molecule has 174 valence electrons. The van der Waals surface area contributed by atoms with Crippen LogP contribution in [-0.4, -0.2) is 32.7 Å². The molecule has 9 nitrogen and oxygen atoms in total. The number of benzene rings is 1. The topological polar surface area (TPSA) is 129 Å². The standard InChI is InChI=1S/C20H18BrCl3N6O3/c1-19(2,17(25)32)28-16(31)11-8-10(22)9-13(24)14(11)27-18(33)20(21)5-7-30(29-20)15-12(23)4-3-6-26-15/h3-9,29H,1-2H3,(H2,25,32)(H,27,33)(H,28,31). The van der Waals surface area contributed by atoms with Crippen molar-refractivity contribution in [3.63, 3.8) is 0 Å². The minimum Gasteiger partial charge on any atom is -0.368 e. The maximum absolute atomic E-state index is 13.2. The molecule has 0 saturated carbocycles. The van der Waals surface area contributed by atoms with Gasteiger partial charge in [-0.2, -0.15) is 5.43 Å². The average molecular weight is 577 g/mol. The fraction of sp³-hybridized carbons (Fsp3) is 0.200. The van der Waals surface area contributed by atoms with Gasteiger partial charge in [-0.3, -0.25) is 19.4 Å². The molecule has 1 aliphatic heterocycles. The number of nitrogens with two attached hydrogens (primary N) is 1. The third-order valence-electron chi connectivity index (χ3n) is 4.61. The maximum Gasteiger partial charge on any atom is 0.261 e. The number of carbonyl (C=O) groups is 3. The summed E-state index contributed by atoms with van der Waals surface area (Å²) in [6.07, 6.45) is 4.64. The number of nitrogens with zero attached hydrogens (tertiary/aromatic N) is 2. The van der Waals surface area contributed by atoms with Gasteiger partial charge in [-0.25, -0.2) is 4.98 Å². The number of hydrogen-bond donors (Lipinski definition) is 4. The van der Waals surface area contributed by atoms with Gasteiger partial charge >= 0.3 is 0 Å². The molecule has 0 aliphatic carbocycles. The third kappa shape index (κ3) is 5.42. The van der Waals surface area contributed by atoms with Crippen LogP contribution in [0.25, 0.3) is 0 Å². The molecule has 5 N–H and O–H groups in total.